The number of halogens is 1. The number of benzene rings is 1. The number of nitrogen functional groups attached to an aromatic ring is 1. The Labute approximate surface area is 99.3 Å². The van der Waals surface area contributed by atoms with Crippen LogP contribution in [0, 0.1) is 0 Å². The van der Waals surface area contributed by atoms with Gasteiger partial charge in [-0.05, 0) is 30.5 Å². The zero-order valence-electron chi connectivity index (χ0n) is 8.73. The van der Waals surface area contributed by atoms with Crippen LogP contribution in [0.4, 0.5) is 5.82 Å². The summed E-state index contributed by atoms with van der Waals surface area (Å²) >= 11 is 5.81. The van der Waals surface area contributed by atoms with Crippen molar-refractivity contribution in [1.82, 2.24) is 9.97 Å². The number of hydrogen-bond donors (Lipinski definition) is 1. The van der Waals surface area contributed by atoms with Crippen molar-refractivity contribution in [3.63, 3.8) is 0 Å². The Balaban J connectivity index is 1.99. The third kappa shape index (κ3) is 2.94. The maximum atomic E-state index is 5.81. The summed E-state index contributed by atoms with van der Waals surface area (Å²) in [4.78, 5) is 8.01. The first-order chi connectivity index (χ1) is 7.74. The van der Waals surface area contributed by atoms with Gasteiger partial charge in [0.2, 0.25) is 0 Å². The summed E-state index contributed by atoms with van der Waals surface area (Å²) in [7, 11) is 0. The molecule has 0 aliphatic carbocycles. The summed E-state index contributed by atoms with van der Waals surface area (Å²) in [6.07, 6.45) is 3.27. The second kappa shape index (κ2) is 4.94. The van der Waals surface area contributed by atoms with E-state index in [9.17, 15) is 0 Å². The molecular formula is C12H12ClN3. The summed E-state index contributed by atoms with van der Waals surface area (Å²) in [6, 6.07) is 9.63. The van der Waals surface area contributed by atoms with Gasteiger partial charge >= 0.3 is 0 Å². The maximum absolute atomic E-state index is 5.81. The zero-order chi connectivity index (χ0) is 11.4. The second-order valence-electron chi connectivity index (χ2n) is 3.56. The van der Waals surface area contributed by atoms with Crippen LogP contribution in [0.15, 0.2) is 36.7 Å². The van der Waals surface area contributed by atoms with Gasteiger partial charge in [-0.3, -0.25) is 0 Å². The number of hydrogen-bond acceptors (Lipinski definition) is 3. The molecule has 82 valence electrons. The van der Waals surface area contributed by atoms with E-state index in [0.717, 1.165) is 23.6 Å². The fourth-order valence-electron chi connectivity index (χ4n) is 1.48. The van der Waals surface area contributed by atoms with Gasteiger partial charge in [0.25, 0.3) is 0 Å². The molecule has 1 heterocycles. The van der Waals surface area contributed by atoms with Crippen molar-refractivity contribution in [2.24, 2.45) is 0 Å². The molecule has 0 spiro atoms. The van der Waals surface area contributed by atoms with Gasteiger partial charge < -0.3 is 5.73 Å². The van der Waals surface area contributed by atoms with Crippen LogP contribution in [-0.4, -0.2) is 9.97 Å². The Morgan fingerprint density at radius 3 is 2.50 bits per heavy atom. The first kappa shape index (κ1) is 10.9. The summed E-state index contributed by atoms with van der Waals surface area (Å²) in [5, 5.41) is 0.759. The van der Waals surface area contributed by atoms with Crippen LogP contribution in [0.25, 0.3) is 0 Å². The van der Waals surface area contributed by atoms with Crippen molar-refractivity contribution in [2.75, 3.05) is 5.73 Å². The summed E-state index contributed by atoms with van der Waals surface area (Å²) < 4.78 is 0. The Kier molecular flexibility index (Phi) is 3.37. The molecule has 0 amide bonds. The fourth-order valence-corrected chi connectivity index (χ4v) is 1.60. The number of nitrogens with zero attached hydrogens (tertiary/aromatic N) is 2. The number of aromatic nitrogens is 2. The first-order valence-electron chi connectivity index (χ1n) is 5.05. The second-order valence-corrected chi connectivity index (χ2v) is 4.00. The molecule has 4 heteroatoms. The molecular weight excluding hydrogens is 222 g/mol. The normalized spacial score (nSPS) is 10.3. The van der Waals surface area contributed by atoms with E-state index in [-0.39, 0.29) is 0 Å². The zero-order valence-corrected chi connectivity index (χ0v) is 9.48. The topological polar surface area (TPSA) is 51.8 Å². The quantitative estimate of drug-likeness (QED) is 0.886. The van der Waals surface area contributed by atoms with E-state index in [1.807, 2.05) is 24.3 Å². The largest absolute Gasteiger partial charge is 0.384 e. The van der Waals surface area contributed by atoms with Crippen LogP contribution in [0.2, 0.25) is 5.02 Å². The van der Waals surface area contributed by atoms with Crippen LogP contribution in [-0.2, 0) is 12.8 Å². The highest BCUT2D eigenvalue weighted by Crippen LogP contribution is 2.11. The average molecular weight is 234 g/mol. The Bertz CT molecular complexity index is 468. The van der Waals surface area contributed by atoms with Crippen LogP contribution in [0.5, 0.6) is 0 Å². The van der Waals surface area contributed by atoms with Crippen molar-refractivity contribution in [3.05, 3.63) is 52.9 Å². The lowest BCUT2D eigenvalue weighted by molar-refractivity contribution is 0.902. The molecule has 3 nitrogen and oxygen atoms in total. The van der Waals surface area contributed by atoms with Crippen LogP contribution < -0.4 is 5.73 Å². The average Bonchev–Trinajstić information content (AvgIpc) is 2.28. The molecule has 0 unspecified atom stereocenters. The molecule has 0 aliphatic rings. The van der Waals surface area contributed by atoms with Gasteiger partial charge in [0.05, 0.1) is 0 Å². The summed E-state index contributed by atoms with van der Waals surface area (Å²) in [5.74, 6) is 0.515. The summed E-state index contributed by atoms with van der Waals surface area (Å²) in [5.41, 5.74) is 7.78. The van der Waals surface area contributed by atoms with Gasteiger partial charge in [0, 0.05) is 16.8 Å². The smallest absolute Gasteiger partial charge is 0.126 e. The van der Waals surface area contributed by atoms with E-state index >= 15 is 0 Å². The predicted octanol–water partition coefficient (Wildman–Crippen LogP) is 2.50. The highest BCUT2D eigenvalue weighted by Gasteiger charge is 1.98. The van der Waals surface area contributed by atoms with E-state index < -0.39 is 0 Å². The molecule has 0 radical (unpaired) electrons. The molecule has 1 aromatic heterocycles. The number of aryl methyl sites for hydroxylation is 2. The van der Waals surface area contributed by atoms with E-state index in [1.165, 1.54) is 11.9 Å². The van der Waals surface area contributed by atoms with Crippen LogP contribution in [0.1, 0.15) is 11.3 Å². The lowest BCUT2D eigenvalue weighted by Gasteiger charge is -2.02. The molecule has 2 aromatic rings. The van der Waals surface area contributed by atoms with Crippen molar-refractivity contribution in [1.29, 1.82) is 0 Å². The molecule has 16 heavy (non-hydrogen) atoms. The molecule has 0 saturated heterocycles. The molecule has 1 aromatic carbocycles. The number of nitrogens with two attached hydrogens (primary N) is 1. The molecule has 0 aliphatic heterocycles. The highest BCUT2D eigenvalue weighted by molar-refractivity contribution is 6.30. The van der Waals surface area contributed by atoms with E-state index in [2.05, 4.69) is 9.97 Å². The standard InChI is InChI=1S/C12H12ClN3/c13-10-4-1-9(2-5-10)3-6-11-7-12(14)16-8-15-11/h1-2,4-5,7-8H,3,6H2,(H2,14,15,16). The molecule has 0 fully saturated rings. The number of anilines is 1. The van der Waals surface area contributed by atoms with Gasteiger partial charge in [-0.25, -0.2) is 9.97 Å². The minimum atomic E-state index is 0.515. The molecule has 2 rings (SSSR count). The fraction of sp³-hybridized carbons (Fsp3) is 0.167. The Morgan fingerprint density at radius 1 is 1.06 bits per heavy atom. The predicted molar refractivity (Wildman–Crippen MR) is 65.3 cm³/mol. The Morgan fingerprint density at radius 2 is 1.81 bits per heavy atom. The molecule has 2 N–H and O–H groups in total. The van der Waals surface area contributed by atoms with E-state index in [0.29, 0.717) is 5.82 Å². The lowest BCUT2D eigenvalue weighted by Crippen LogP contribution is -1.98. The third-order valence-corrected chi connectivity index (χ3v) is 2.58. The molecule has 0 saturated carbocycles. The van der Waals surface area contributed by atoms with Gasteiger partial charge in [0.15, 0.2) is 0 Å². The molecule has 0 atom stereocenters. The first-order valence-corrected chi connectivity index (χ1v) is 5.43. The van der Waals surface area contributed by atoms with Crippen molar-refractivity contribution >= 4 is 17.4 Å². The maximum Gasteiger partial charge on any atom is 0.126 e. The van der Waals surface area contributed by atoms with E-state index in [4.69, 9.17) is 17.3 Å². The Hall–Kier alpha value is -1.61. The van der Waals surface area contributed by atoms with Gasteiger partial charge in [-0.15, -0.1) is 0 Å². The summed E-state index contributed by atoms with van der Waals surface area (Å²) in [6.45, 7) is 0. The SMILES string of the molecule is Nc1cc(CCc2ccc(Cl)cc2)ncn1. The lowest BCUT2D eigenvalue weighted by atomic mass is 10.1. The molecule has 0 bridgehead atoms. The van der Waals surface area contributed by atoms with Crippen molar-refractivity contribution in [3.8, 4) is 0 Å². The van der Waals surface area contributed by atoms with Crippen molar-refractivity contribution < 1.29 is 0 Å². The van der Waals surface area contributed by atoms with Crippen LogP contribution >= 0.6 is 11.6 Å². The van der Waals surface area contributed by atoms with E-state index in [1.54, 1.807) is 6.07 Å². The minimum Gasteiger partial charge on any atom is -0.384 e. The third-order valence-electron chi connectivity index (χ3n) is 2.33. The van der Waals surface area contributed by atoms with Crippen LogP contribution in [0.3, 0.4) is 0 Å². The van der Waals surface area contributed by atoms with Gasteiger partial charge in [0.1, 0.15) is 12.1 Å². The minimum absolute atomic E-state index is 0.515. The highest BCUT2D eigenvalue weighted by atomic mass is 35.5. The number of rotatable bonds is 3. The van der Waals surface area contributed by atoms with Crippen molar-refractivity contribution in [2.45, 2.75) is 12.8 Å². The van der Waals surface area contributed by atoms with Gasteiger partial charge in [-0.2, -0.15) is 0 Å². The monoisotopic (exact) mass is 233 g/mol. The van der Waals surface area contributed by atoms with Gasteiger partial charge in [-0.1, -0.05) is 23.7 Å².